The zero-order valence-corrected chi connectivity index (χ0v) is 13.8. The number of hydrogen-bond acceptors (Lipinski definition) is 3. The van der Waals surface area contributed by atoms with Crippen LogP contribution in [0.1, 0.15) is 30.9 Å². The number of benzene rings is 1. The molecule has 0 amide bonds. The molecule has 2 fully saturated rings. The van der Waals surface area contributed by atoms with Gasteiger partial charge in [0.15, 0.2) is 0 Å². The molecule has 2 heterocycles. The lowest BCUT2D eigenvalue weighted by molar-refractivity contribution is 0.176. The summed E-state index contributed by atoms with van der Waals surface area (Å²) in [7, 11) is 0. The maximum absolute atomic E-state index is 6.39. The fraction of sp³-hybridized carbons (Fsp3) is 0.625. The second-order valence-corrected chi connectivity index (χ2v) is 6.94. The summed E-state index contributed by atoms with van der Waals surface area (Å²) in [6.07, 6.45) is 3.83. The van der Waals surface area contributed by atoms with E-state index in [1.54, 1.807) is 0 Å². The highest BCUT2D eigenvalue weighted by atomic mass is 35.5. The van der Waals surface area contributed by atoms with Crippen molar-refractivity contribution in [1.82, 2.24) is 9.80 Å². The van der Waals surface area contributed by atoms with E-state index in [1.165, 1.54) is 32.4 Å². The smallest absolute Gasteiger partial charge is 0.0486 e. The van der Waals surface area contributed by atoms with Crippen molar-refractivity contribution in [2.45, 2.75) is 31.3 Å². The SMILES string of the molecule is NCC(c1cc(Cl)ccc1Cl)N1CCCN2CCCC2C1. The standard InChI is InChI=1S/C16H23Cl2N3/c17-12-4-5-15(18)14(9-12)16(10-19)21-8-2-7-20-6-1-3-13(20)11-21/h4-5,9,13,16H,1-3,6-8,10-11,19H2. The molecule has 0 aromatic heterocycles. The van der Waals surface area contributed by atoms with E-state index in [4.69, 9.17) is 28.9 Å². The van der Waals surface area contributed by atoms with Crippen molar-refractivity contribution in [3.8, 4) is 0 Å². The van der Waals surface area contributed by atoms with Crippen molar-refractivity contribution >= 4 is 23.2 Å². The first-order valence-electron chi connectivity index (χ1n) is 7.82. The van der Waals surface area contributed by atoms with Crippen molar-refractivity contribution in [1.29, 1.82) is 0 Å². The Morgan fingerprint density at radius 2 is 2.00 bits per heavy atom. The summed E-state index contributed by atoms with van der Waals surface area (Å²) in [6, 6.07) is 6.53. The van der Waals surface area contributed by atoms with Gasteiger partial charge in [-0.25, -0.2) is 0 Å². The van der Waals surface area contributed by atoms with E-state index in [9.17, 15) is 0 Å². The molecule has 2 aliphatic rings. The molecule has 5 heteroatoms. The van der Waals surface area contributed by atoms with E-state index in [0.717, 1.165) is 28.7 Å². The number of rotatable bonds is 3. The molecule has 3 nitrogen and oxygen atoms in total. The lowest BCUT2D eigenvalue weighted by Crippen LogP contribution is -2.40. The van der Waals surface area contributed by atoms with Crippen LogP contribution < -0.4 is 5.73 Å². The summed E-state index contributed by atoms with van der Waals surface area (Å²) in [5.74, 6) is 0. The fourth-order valence-corrected chi connectivity index (χ4v) is 4.18. The molecule has 2 N–H and O–H groups in total. The van der Waals surface area contributed by atoms with Gasteiger partial charge in [0.2, 0.25) is 0 Å². The molecule has 0 bridgehead atoms. The second-order valence-electron chi connectivity index (χ2n) is 6.10. The predicted octanol–water partition coefficient (Wildman–Crippen LogP) is 3.16. The number of halogens is 2. The van der Waals surface area contributed by atoms with Gasteiger partial charge in [0.05, 0.1) is 0 Å². The van der Waals surface area contributed by atoms with E-state index in [1.807, 2.05) is 18.2 Å². The molecule has 0 aliphatic carbocycles. The van der Waals surface area contributed by atoms with Crippen LogP contribution in [0.25, 0.3) is 0 Å². The van der Waals surface area contributed by atoms with Crippen molar-refractivity contribution < 1.29 is 0 Å². The van der Waals surface area contributed by atoms with Gasteiger partial charge in [0.1, 0.15) is 0 Å². The Hall–Kier alpha value is -0.320. The van der Waals surface area contributed by atoms with E-state index in [2.05, 4.69) is 9.80 Å². The molecular formula is C16H23Cl2N3. The van der Waals surface area contributed by atoms with Gasteiger partial charge in [-0.3, -0.25) is 9.80 Å². The molecule has 2 aliphatic heterocycles. The van der Waals surface area contributed by atoms with Gasteiger partial charge in [-0.15, -0.1) is 0 Å². The van der Waals surface area contributed by atoms with E-state index in [0.29, 0.717) is 12.6 Å². The van der Waals surface area contributed by atoms with Crippen LogP contribution in [0, 0.1) is 0 Å². The number of fused-ring (bicyclic) bond motifs is 1. The normalized spacial score (nSPS) is 25.6. The number of hydrogen-bond donors (Lipinski definition) is 1. The van der Waals surface area contributed by atoms with Crippen LogP contribution in [-0.4, -0.2) is 48.6 Å². The summed E-state index contributed by atoms with van der Waals surface area (Å²) >= 11 is 12.5. The minimum Gasteiger partial charge on any atom is -0.329 e. The third-order valence-corrected chi connectivity index (χ3v) is 5.40. The first-order chi connectivity index (χ1) is 10.2. The summed E-state index contributed by atoms with van der Waals surface area (Å²) < 4.78 is 0. The molecule has 0 radical (unpaired) electrons. The van der Waals surface area contributed by atoms with Gasteiger partial charge in [0, 0.05) is 41.8 Å². The first-order valence-corrected chi connectivity index (χ1v) is 8.57. The van der Waals surface area contributed by atoms with Crippen molar-refractivity contribution in [2.24, 2.45) is 5.73 Å². The molecule has 116 valence electrons. The molecule has 2 atom stereocenters. The highest BCUT2D eigenvalue weighted by Crippen LogP contribution is 2.32. The minimum absolute atomic E-state index is 0.164. The van der Waals surface area contributed by atoms with Crippen LogP contribution in [0.2, 0.25) is 10.0 Å². The third-order valence-electron chi connectivity index (χ3n) is 4.82. The van der Waals surface area contributed by atoms with Crippen LogP contribution in [0.3, 0.4) is 0 Å². The van der Waals surface area contributed by atoms with Gasteiger partial charge < -0.3 is 5.73 Å². The molecule has 0 spiro atoms. The Labute approximate surface area is 137 Å². The quantitative estimate of drug-likeness (QED) is 0.925. The molecule has 21 heavy (non-hydrogen) atoms. The van der Waals surface area contributed by atoms with E-state index in [-0.39, 0.29) is 6.04 Å². The van der Waals surface area contributed by atoms with Crippen LogP contribution in [0.5, 0.6) is 0 Å². The molecule has 2 unspecified atom stereocenters. The van der Waals surface area contributed by atoms with Crippen molar-refractivity contribution in [3.63, 3.8) is 0 Å². The number of nitrogens with two attached hydrogens (primary N) is 1. The largest absolute Gasteiger partial charge is 0.329 e. The average Bonchev–Trinajstić information content (AvgIpc) is 2.81. The Morgan fingerprint density at radius 1 is 1.19 bits per heavy atom. The molecule has 0 saturated carbocycles. The monoisotopic (exact) mass is 327 g/mol. The first kappa shape index (κ1) is 15.6. The Bertz CT molecular complexity index is 494. The maximum Gasteiger partial charge on any atom is 0.0486 e. The van der Waals surface area contributed by atoms with Gasteiger partial charge in [-0.2, -0.15) is 0 Å². The van der Waals surface area contributed by atoms with Crippen LogP contribution in [0.15, 0.2) is 18.2 Å². The molecular weight excluding hydrogens is 305 g/mol. The Kier molecular flexibility index (Phi) is 5.07. The summed E-state index contributed by atoms with van der Waals surface area (Å²) in [5.41, 5.74) is 7.15. The molecule has 3 rings (SSSR count). The topological polar surface area (TPSA) is 32.5 Å². The fourth-order valence-electron chi connectivity index (χ4n) is 3.76. The van der Waals surface area contributed by atoms with Crippen LogP contribution in [0.4, 0.5) is 0 Å². The lowest BCUT2D eigenvalue weighted by atomic mass is 10.0. The van der Waals surface area contributed by atoms with Crippen LogP contribution in [-0.2, 0) is 0 Å². The lowest BCUT2D eigenvalue weighted by Gasteiger charge is -2.33. The van der Waals surface area contributed by atoms with E-state index < -0.39 is 0 Å². The van der Waals surface area contributed by atoms with Crippen molar-refractivity contribution in [3.05, 3.63) is 33.8 Å². The Morgan fingerprint density at radius 3 is 2.81 bits per heavy atom. The average molecular weight is 328 g/mol. The van der Waals surface area contributed by atoms with Crippen LogP contribution >= 0.6 is 23.2 Å². The van der Waals surface area contributed by atoms with E-state index >= 15 is 0 Å². The van der Waals surface area contributed by atoms with Gasteiger partial charge in [0.25, 0.3) is 0 Å². The highest BCUT2D eigenvalue weighted by molar-refractivity contribution is 6.33. The van der Waals surface area contributed by atoms with Crippen molar-refractivity contribution in [2.75, 3.05) is 32.7 Å². The summed E-state index contributed by atoms with van der Waals surface area (Å²) in [6.45, 7) is 5.21. The van der Waals surface area contributed by atoms with Gasteiger partial charge >= 0.3 is 0 Å². The zero-order chi connectivity index (χ0) is 14.8. The zero-order valence-electron chi connectivity index (χ0n) is 12.3. The molecule has 2 saturated heterocycles. The predicted molar refractivity (Wildman–Crippen MR) is 89.0 cm³/mol. The number of nitrogens with zero attached hydrogens (tertiary/aromatic N) is 2. The molecule has 1 aromatic rings. The maximum atomic E-state index is 6.39. The van der Waals surface area contributed by atoms with Gasteiger partial charge in [-0.1, -0.05) is 23.2 Å². The molecule has 1 aromatic carbocycles. The summed E-state index contributed by atoms with van der Waals surface area (Å²) in [5, 5.41) is 1.49. The van der Waals surface area contributed by atoms with Gasteiger partial charge in [-0.05, 0) is 56.1 Å². The minimum atomic E-state index is 0.164. The third kappa shape index (κ3) is 3.38. The highest BCUT2D eigenvalue weighted by Gasteiger charge is 2.32. The Balaban J connectivity index is 1.83. The summed E-state index contributed by atoms with van der Waals surface area (Å²) in [4.78, 5) is 5.14. The second kappa shape index (κ2) is 6.84.